The van der Waals surface area contributed by atoms with Crippen LogP contribution in [0.5, 0.6) is 28.7 Å². The number of carbonyl (C=O) groups excluding carboxylic acids is 2. The molecular formula is C30H18O9. The summed E-state index contributed by atoms with van der Waals surface area (Å²) in [5, 5.41) is 76.7. The maximum atomic E-state index is 14.0. The van der Waals surface area contributed by atoms with E-state index in [4.69, 9.17) is 0 Å². The minimum Gasteiger partial charge on any atom is -0.511 e. The molecule has 0 aliphatic heterocycles. The van der Waals surface area contributed by atoms with Gasteiger partial charge >= 0.3 is 0 Å². The van der Waals surface area contributed by atoms with E-state index in [0.717, 1.165) is 12.1 Å². The second kappa shape index (κ2) is 6.51. The third-order valence-corrected chi connectivity index (χ3v) is 8.73. The van der Waals surface area contributed by atoms with Gasteiger partial charge in [-0.3, -0.25) is 9.59 Å². The molecule has 0 saturated heterocycles. The van der Waals surface area contributed by atoms with Gasteiger partial charge in [-0.2, -0.15) is 0 Å². The first-order valence-electron chi connectivity index (χ1n) is 12.2. The highest BCUT2D eigenvalue weighted by atomic mass is 16.3. The van der Waals surface area contributed by atoms with Crippen LogP contribution in [0, 0.1) is 12.8 Å². The van der Waals surface area contributed by atoms with Crippen molar-refractivity contribution in [3.63, 3.8) is 0 Å². The van der Waals surface area contributed by atoms with Crippen molar-refractivity contribution in [1.82, 2.24) is 0 Å². The Morgan fingerprint density at radius 2 is 1.26 bits per heavy atom. The molecule has 4 aromatic carbocycles. The van der Waals surface area contributed by atoms with Gasteiger partial charge in [0.15, 0.2) is 5.78 Å². The number of fused-ring (bicyclic) bond motifs is 2. The smallest absolute Gasteiger partial charge is 0.201 e. The minimum absolute atomic E-state index is 0.00196. The number of phenols is 5. The number of phenolic OH excluding ortho intramolecular Hbond substituents is 5. The molecule has 8 rings (SSSR count). The maximum absolute atomic E-state index is 14.0. The Morgan fingerprint density at radius 1 is 0.641 bits per heavy atom. The Labute approximate surface area is 218 Å². The SMILES string of the molecule is Cc1cc(O)c2c3c1C1=C(CO)C=C(O)C4C(=O)c5c(O)cc(O)c6c5c(c-3c3c(c(O)cc(O)c36)C2=O)C14. The molecule has 2 atom stereocenters. The average molecular weight is 522 g/mol. The van der Waals surface area contributed by atoms with Crippen molar-refractivity contribution in [2.75, 3.05) is 6.61 Å². The lowest BCUT2D eigenvalue weighted by Crippen LogP contribution is -2.36. The zero-order valence-electron chi connectivity index (χ0n) is 20.1. The summed E-state index contributed by atoms with van der Waals surface area (Å²) in [7, 11) is 0. The Kier molecular flexibility index (Phi) is 3.67. The van der Waals surface area contributed by atoms with Gasteiger partial charge in [-0.15, -0.1) is 0 Å². The van der Waals surface area contributed by atoms with Gasteiger partial charge in [0, 0.05) is 45.2 Å². The molecule has 9 nitrogen and oxygen atoms in total. The molecule has 4 aliphatic rings. The van der Waals surface area contributed by atoms with Crippen molar-refractivity contribution in [3.8, 4) is 39.9 Å². The van der Waals surface area contributed by atoms with E-state index < -0.39 is 53.0 Å². The van der Waals surface area contributed by atoms with E-state index in [9.17, 15) is 45.3 Å². The number of allylic oxidation sites excluding steroid dienone is 2. The van der Waals surface area contributed by atoms with Gasteiger partial charge in [0.2, 0.25) is 5.78 Å². The molecule has 0 fully saturated rings. The molecule has 0 amide bonds. The highest BCUT2D eigenvalue weighted by molar-refractivity contribution is 6.38. The maximum Gasteiger partial charge on any atom is 0.201 e. The van der Waals surface area contributed by atoms with Crippen LogP contribution in [-0.2, 0) is 0 Å². The van der Waals surface area contributed by atoms with Crippen molar-refractivity contribution < 1.29 is 45.3 Å². The van der Waals surface area contributed by atoms with Crippen LogP contribution >= 0.6 is 0 Å². The van der Waals surface area contributed by atoms with E-state index in [-0.39, 0.29) is 49.7 Å². The summed E-state index contributed by atoms with van der Waals surface area (Å²) in [5.74, 6) is -6.05. The number of hydrogen-bond acceptors (Lipinski definition) is 9. The number of ketones is 2. The number of aromatic hydroxyl groups is 5. The van der Waals surface area contributed by atoms with Gasteiger partial charge in [-0.05, 0) is 52.5 Å². The van der Waals surface area contributed by atoms with Crippen molar-refractivity contribution >= 4 is 38.7 Å². The Hall–Kier alpha value is -5.02. The fourth-order valence-electron chi connectivity index (χ4n) is 7.48. The Bertz CT molecular complexity index is 2060. The second-order valence-electron chi connectivity index (χ2n) is 10.5. The zero-order chi connectivity index (χ0) is 27.4. The number of Topliss-reactive ketones (excluding diaryl/α,β-unsaturated/α-hetero) is 1. The van der Waals surface area contributed by atoms with Crippen molar-refractivity contribution in [3.05, 3.63) is 69.0 Å². The van der Waals surface area contributed by atoms with Gasteiger partial charge in [0.05, 0.1) is 29.2 Å². The van der Waals surface area contributed by atoms with E-state index in [0.29, 0.717) is 39.0 Å². The van der Waals surface area contributed by atoms with Crippen LogP contribution in [0.1, 0.15) is 48.9 Å². The summed E-state index contributed by atoms with van der Waals surface area (Å²) < 4.78 is 0. The molecule has 0 saturated carbocycles. The van der Waals surface area contributed by atoms with Crippen LogP contribution in [0.3, 0.4) is 0 Å². The predicted molar refractivity (Wildman–Crippen MR) is 139 cm³/mol. The second-order valence-corrected chi connectivity index (χ2v) is 10.5. The molecule has 4 aromatic rings. The summed E-state index contributed by atoms with van der Waals surface area (Å²) in [6.45, 7) is 1.21. The van der Waals surface area contributed by atoms with E-state index >= 15 is 0 Å². The fourth-order valence-corrected chi connectivity index (χ4v) is 7.48. The monoisotopic (exact) mass is 522 g/mol. The molecule has 0 aromatic heterocycles. The topological polar surface area (TPSA) is 176 Å². The molecule has 0 spiro atoms. The van der Waals surface area contributed by atoms with Crippen LogP contribution in [-0.4, -0.2) is 53.9 Å². The van der Waals surface area contributed by atoms with Crippen molar-refractivity contribution in [1.29, 1.82) is 0 Å². The van der Waals surface area contributed by atoms with E-state index in [2.05, 4.69) is 0 Å². The molecule has 0 heterocycles. The number of benzene rings is 4. The molecule has 4 aliphatic carbocycles. The van der Waals surface area contributed by atoms with Crippen LogP contribution < -0.4 is 0 Å². The van der Waals surface area contributed by atoms with Crippen molar-refractivity contribution in [2.45, 2.75) is 12.8 Å². The van der Waals surface area contributed by atoms with Crippen LogP contribution in [0.2, 0.25) is 0 Å². The predicted octanol–water partition coefficient (Wildman–Crippen LogP) is 4.15. The molecule has 39 heavy (non-hydrogen) atoms. The zero-order valence-corrected chi connectivity index (χ0v) is 20.1. The number of rotatable bonds is 1. The van der Waals surface area contributed by atoms with E-state index in [1.54, 1.807) is 6.92 Å². The summed E-state index contributed by atoms with van der Waals surface area (Å²) in [5.41, 5.74) is 2.36. The van der Waals surface area contributed by atoms with Gasteiger partial charge < -0.3 is 35.7 Å². The van der Waals surface area contributed by atoms with Crippen LogP contribution in [0.25, 0.3) is 38.2 Å². The van der Waals surface area contributed by atoms with Crippen LogP contribution in [0.15, 0.2) is 35.6 Å². The summed E-state index contributed by atoms with van der Waals surface area (Å²) in [4.78, 5) is 27.9. The number of aryl methyl sites for hydroxylation is 1. The molecule has 192 valence electrons. The fraction of sp³-hybridized carbons (Fsp3) is 0.133. The molecular weight excluding hydrogens is 504 g/mol. The summed E-state index contributed by atoms with van der Waals surface area (Å²) >= 11 is 0. The van der Waals surface area contributed by atoms with Gasteiger partial charge in [-0.25, -0.2) is 0 Å². The number of aliphatic hydroxyl groups excluding tert-OH is 2. The lowest BCUT2D eigenvalue weighted by Gasteiger charge is -2.44. The normalized spacial score (nSPS) is 19.9. The lowest BCUT2D eigenvalue weighted by atomic mass is 9.57. The largest absolute Gasteiger partial charge is 0.511 e. The molecule has 0 radical (unpaired) electrons. The van der Waals surface area contributed by atoms with E-state index in [1.165, 1.54) is 12.1 Å². The third-order valence-electron chi connectivity index (χ3n) is 8.73. The molecule has 0 bridgehead atoms. The van der Waals surface area contributed by atoms with E-state index in [1.807, 2.05) is 0 Å². The Balaban J connectivity index is 1.81. The summed E-state index contributed by atoms with van der Waals surface area (Å²) in [6, 6.07) is 3.34. The van der Waals surface area contributed by atoms with Crippen molar-refractivity contribution in [2.24, 2.45) is 5.92 Å². The molecule has 7 N–H and O–H groups in total. The lowest BCUT2D eigenvalue weighted by molar-refractivity contribution is 0.0895. The van der Waals surface area contributed by atoms with Crippen LogP contribution in [0.4, 0.5) is 0 Å². The number of aliphatic hydroxyl groups is 2. The highest BCUT2D eigenvalue weighted by Gasteiger charge is 2.52. The third kappa shape index (κ3) is 2.16. The summed E-state index contributed by atoms with van der Waals surface area (Å²) in [6.07, 6.45) is 1.31. The average Bonchev–Trinajstić information content (AvgIpc) is 2.86. The first-order chi connectivity index (χ1) is 18.6. The first-order valence-corrected chi connectivity index (χ1v) is 12.2. The number of hydrogen-bond donors (Lipinski definition) is 7. The molecule has 2 unspecified atom stereocenters. The standard InChI is InChI=1S/C30H18O9/c1-7-2-9(32)19-23-15(7)16-8(6-31)3-10(33)20-24(16)28-26-18(12(35)5-14(37)22(26)30(20)39)17-11(34)4-13(36)21(29(19)38)25(17)27(23)28/h2-5,20,24,31-37H,6H2,1H3. The number of carbonyl (C=O) groups is 2. The Morgan fingerprint density at radius 3 is 1.92 bits per heavy atom. The van der Waals surface area contributed by atoms with Gasteiger partial charge in [0.25, 0.3) is 0 Å². The van der Waals surface area contributed by atoms with Gasteiger partial charge in [0.1, 0.15) is 34.5 Å². The minimum atomic E-state index is -1.19. The highest BCUT2D eigenvalue weighted by Crippen LogP contribution is 2.66. The molecule has 9 heteroatoms. The van der Waals surface area contributed by atoms with Gasteiger partial charge in [-0.1, -0.05) is 0 Å². The quantitative estimate of drug-likeness (QED) is 0.159. The first kappa shape index (κ1) is 22.0.